The summed E-state index contributed by atoms with van der Waals surface area (Å²) in [4.78, 5) is 4.99. The van der Waals surface area contributed by atoms with Crippen LogP contribution in [0.15, 0.2) is 0 Å². The second-order valence-corrected chi connectivity index (χ2v) is 5.95. The van der Waals surface area contributed by atoms with Gasteiger partial charge in [-0.1, -0.05) is 13.3 Å². The predicted octanol–water partition coefficient (Wildman–Crippen LogP) is 0.779. The van der Waals surface area contributed by atoms with E-state index in [0.717, 1.165) is 32.8 Å². The zero-order valence-electron chi connectivity index (χ0n) is 12.2. The number of hydrogen-bond donors (Lipinski definition) is 1. The number of morpholine rings is 1. The van der Waals surface area contributed by atoms with Crippen molar-refractivity contribution in [3.05, 3.63) is 0 Å². The maximum atomic E-state index is 5.89. The summed E-state index contributed by atoms with van der Waals surface area (Å²) in [6, 6.07) is 1.31. The topological polar surface area (TPSA) is 27.7 Å². The molecule has 2 rings (SSSR count). The second kappa shape index (κ2) is 6.85. The van der Waals surface area contributed by atoms with E-state index < -0.39 is 0 Å². The standard InChI is InChI=1S/C14H29N3O/c1-4-5-13-9-17(12(2)8-15-13)11-14-10-16(3)6-7-18-14/h12-15H,4-11H2,1-3H3. The van der Waals surface area contributed by atoms with Gasteiger partial charge in [0.2, 0.25) is 0 Å². The van der Waals surface area contributed by atoms with Crippen LogP contribution in [0, 0.1) is 0 Å². The zero-order chi connectivity index (χ0) is 13.0. The lowest BCUT2D eigenvalue weighted by Crippen LogP contribution is -2.58. The van der Waals surface area contributed by atoms with Crippen molar-refractivity contribution in [1.82, 2.24) is 15.1 Å². The van der Waals surface area contributed by atoms with Crippen molar-refractivity contribution < 1.29 is 4.74 Å². The van der Waals surface area contributed by atoms with Gasteiger partial charge < -0.3 is 15.0 Å². The van der Waals surface area contributed by atoms with E-state index in [9.17, 15) is 0 Å². The maximum Gasteiger partial charge on any atom is 0.0829 e. The van der Waals surface area contributed by atoms with Gasteiger partial charge in [0.05, 0.1) is 12.7 Å². The van der Waals surface area contributed by atoms with Crippen LogP contribution in [0.5, 0.6) is 0 Å². The Labute approximate surface area is 112 Å². The molecule has 0 radical (unpaired) electrons. The molecule has 3 unspecified atom stereocenters. The molecule has 0 aromatic carbocycles. The molecule has 0 spiro atoms. The van der Waals surface area contributed by atoms with Gasteiger partial charge in [-0.05, 0) is 20.4 Å². The first-order valence-corrected chi connectivity index (χ1v) is 7.46. The fourth-order valence-electron chi connectivity index (χ4n) is 3.03. The number of piperazine rings is 1. The fourth-order valence-corrected chi connectivity index (χ4v) is 3.03. The summed E-state index contributed by atoms with van der Waals surface area (Å²) in [6.45, 7) is 11.0. The minimum absolute atomic E-state index is 0.395. The summed E-state index contributed by atoms with van der Waals surface area (Å²) in [5.74, 6) is 0. The molecule has 0 saturated carbocycles. The first-order chi connectivity index (χ1) is 8.69. The number of rotatable bonds is 4. The lowest BCUT2D eigenvalue weighted by atomic mass is 10.1. The monoisotopic (exact) mass is 255 g/mol. The summed E-state index contributed by atoms with van der Waals surface area (Å²) in [5, 5.41) is 3.65. The van der Waals surface area contributed by atoms with Crippen molar-refractivity contribution in [1.29, 1.82) is 0 Å². The molecular formula is C14H29N3O. The molecule has 106 valence electrons. The molecule has 2 aliphatic rings. The van der Waals surface area contributed by atoms with Gasteiger partial charge in [0.15, 0.2) is 0 Å². The third-order valence-electron chi connectivity index (χ3n) is 4.20. The molecule has 2 fully saturated rings. The molecule has 2 heterocycles. The fraction of sp³-hybridized carbons (Fsp3) is 1.00. The molecule has 1 N–H and O–H groups in total. The van der Waals surface area contributed by atoms with Gasteiger partial charge in [0.1, 0.15) is 0 Å². The molecule has 0 amide bonds. The maximum absolute atomic E-state index is 5.89. The number of ether oxygens (including phenoxy) is 1. The molecule has 2 saturated heterocycles. The molecule has 4 nitrogen and oxygen atoms in total. The summed E-state index contributed by atoms with van der Waals surface area (Å²) in [7, 11) is 2.19. The minimum Gasteiger partial charge on any atom is -0.374 e. The molecule has 4 heteroatoms. The lowest BCUT2D eigenvalue weighted by Gasteiger charge is -2.42. The summed E-state index contributed by atoms with van der Waals surface area (Å²) in [6.07, 6.45) is 2.95. The highest BCUT2D eigenvalue weighted by molar-refractivity contribution is 4.86. The van der Waals surface area contributed by atoms with E-state index in [2.05, 4.69) is 36.0 Å². The molecular weight excluding hydrogens is 226 g/mol. The van der Waals surface area contributed by atoms with Crippen molar-refractivity contribution in [3.8, 4) is 0 Å². The predicted molar refractivity (Wildman–Crippen MR) is 75.0 cm³/mol. The van der Waals surface area contributed by atoms with Crippen molar-refractivity contribution >= 4 is 0 Å². The van der Waals surface area contributed by atoms with Crippen molar-refractivity contribution in [2.45, 2.75) is 44.9 Å². The molecule has 3 atom stereocenters. The highest BCUT2D eigenvalue weighted by Crippen LogP contribution is 2.13. The van der Waals surface area contributed by atoms with Gasteiger partial charge in [-0.2, -0.15) is 0 Å². The van der Waals surface area contributed by atoms with E-state index in [0.29, 0.717) is 18.2 Å². The summed E-state index contributed by atoms with van der Waals surface area (Å²) >= 11 is 0. The average molecular weight is 255 g/mol. The highest BCUT2D eigenvalue weighted by Gasteiger charge is 2.28. The van der Waals surface area contributed by atoms with Crippen molar-refractivity contribution in [3.63, 3.8) is 0 Å². The molecule has 0 aliphatic carbocycles. The third-order valence-corrected chi connectivity index (χ3v) is 4.20. The Balaban J connectivity index is 1.82. The van der Waals surface area contributed by atoms with Crippen molar-refractivity contribution in [2.75, 3.05) is 46.4 Å². The molecule has 18 heavy (non-hydrogen) atoms. The van der Waals surface area contributed by atoms with Crippen LogP contribution in [-0.2, 0) is 4.74 Å². The van der Waals surface area contributed by atoms with Crippen LogP contribution in [0.25, 0.3) is 0 Å². The Morgan fingerprint density at radius 2 is 2.17 bits per heavy atom. The highest BCUT2D eigenvalue weighted by atomic mass is 16.5. The van der Waals surface area contributed by atoms with Gasteiger partial charge in [0.25, 0.3) is 0 Å². The van der Waals surface area contributed by atoms with Crippen LogP contribution in [0.2, 0.25) is 0 Å². The van der Waals surface area contributed by atoms with Crippen LogP contribution in [-0.4, -0.2) is 74.4 Å². The quantitative estimate of drug-likeness (QED) is 0.803. The van der Waals surface area contributed by atoms with Gasteiger partial charge in [-0.25, -0.2) is 0 Å². The summed E-state index contributed by atoms with van der Waals surface area (Å²) < 4.78 is 5.89. The van der Waals surface area contributed by atoms with E-state index >= 15 is 0 Å². The van der Waals surface area contributed by atoms with E-state index in [1.807, 2.05) is 0 Å². The lowest BCUT2D eigenvalue weighted by molar-refractivity contribution is -0.0453. The Morgan fingerprint density at radius 3 is 2.89 bits per heavy atom. The molecule has 0 aromatic heterocycles. The van der Waals surface area contributed by atoms with Crippen LogP contribution in [0.4, 0.5) is 0 Å². The van der Waals surface area contributed by atoms with Crippen LogP contribution in [0.3, 0.4) is 0 Å². The molecule has 2 aliphatic heterocycles. The van der Waals surface area contributed by atoms with Gasteiger partial charge in [-0.3, -0.25) is 4.90 Å². The Morgan fingerprint density at radius 1 is 1.33 bits per heavy atom. The van der Waals surface area contributed by atoms with E-state index in [1.54, 1.807) is 0 Å². The van der Waals surface area contributed by atoms with Crippen LogP contribution >= 0.6 is 0 Å². The van der Waals surface area contributed by atoms with Crippen molar-refractivity contribution in [2.24, 2.45) is 0 Å². The average Bonchev–Trinajstić information content (AvgIpc) is 2.34. The first kappa shape index (κ1) is 14.3. The van der Waals surface area contributed by atoms with Crippen LogP contribution in [0.1, 0.15) is 26.7 Å². The number of likely N-dealkylation sites (N-methyl/N-ethyl adjacent to an activating group) is 1. The normalized spacial score (nSPS) is 35.8. The molecule has 0 bridgehead atoms. The largest absolute Gasteiger partial charge is 0.374 e. The minimum atomic E-state index is 0.395. The van der Waals surface area contributed by atoms with Crippen LogP contribution < -0.4 is 5.32 Å². The van der Waals surface area contributed by atoms with Gasteiger partial charge >= 0.3 is 0 Å². The smallest absolute Gasteiger partial charge is 0.0829 e. The Kier molecular flexibility index (Phi) is 5.42. The van der Waals surface area contributed by atoms with Gasteiger partial charge in [-0.15, -0.1) is 0 Å². The first-order valence-electron chi connectivity index (χ1n) is 7.46. The Bertz CT molecular complexity index is 249. The zero-order valence-corrected chi connectivity index (χ0v) is 12.2. The molecule has 0 aromatic rings. The van der Waals surface area contributed by atoms with E-state index in [-0.39, 0.29) is 0 Å². The van der Waals surface area contributed by atoms with Gasteiger partial charge in [0, 0.05) is 44.8 Å². The Hall–Kier alpha value is -0.160. The second-order valence-electron chi connectivity index (χ2n) is 5.95. The third kappa shape index (κ3) is 3.92. The number of hydrogen-bond acceptors (Lipinski definition) is 4. The number of nitrogens with zero attached hydrogens (tertiary/aromatic N) is 2. The van der Waals surface area contributed by atoms with E-state index in [4.69, 9.17) is 4.74 Å². The SMILES string of the molecule is CCCC1CN(CC2CN(C)CCO2)C(C)CN1. The van der Waals surface area contributed by atoms with E-state index in [1.165, 1.54) is 19.4 Å². The number of nitrogens with one attached hydrogen (secondary N) is 1. The summed E-state index contributed by atoms with van der Waals surface area (Å²) in [5.41, 5.74) is 0.